The van der Waals surface area contributed by atoms with Crippen molar-refractivity contribution < 1.29 is 37.1 Å². The Bertz CT molecular complexity index is 2300. The minimum Gasteiger partial charge on any atom is -0.371 e. The smallest absolute Gasteiger partial charge is 0.371 e. The molecule has 5 fully saturated rings. The van der Waals surface area contributed by atoms with E-state index in [0.717, 1.165) is 93.4 Å². The molecule has 1 saturated carbocycles. The Labute approximate surface area is 338 Å². The number of piperidine rings is 2. The van der Waals surface area contributed by atoms with E-state index in [4.69, 9.17) is 6.57 Å². The highest BCUT2D eigenvalue weighted by Crippen LogP contribution is 2.53. The van der Waals surface area contributed by atoms with Gasteiger partial charge < -0.3 is 15.1 Å². The largest absolute Gasteiger partial charge is 0.407 e. The predicted octanol–water partition coefficient (Wildman–Crippen LogP) is 5.04. The Morgan fingerprint density at radius 1 is 0.915 bits per heavy atom. The van der Waals surface area contributed by atoms with Gasteiger partial charge in [0, 0.05) is 69.3 Å². The Kier molecular flexibility index (Phi) is 9.14. The van der Waals surface area contributed by atoms with E-state index in [9.17, 15) is 37.1 Å². The van der Waals surface area contributed by atoms with Gasteiger partial charge in [-0.15, -0.1) is 0 Å². The van der Waals surface area contributed by atoms with Gasteiger partial charge in [-0.25, -0.2) is 4.85 Å². The average Bonchev–Trinajstić information content (AvgIpc) is 3.97. The standard InChI is InChI=1S/C42H44F3N9O5/c1-40(2,39(59)48-26-4-7-33(46-3)32(14-26)42(43,44)45)53-23-29(18-47-53)52-21-24-19-51(20-25(24)22-52)28-16-41(17-28)10-12-50(13-11-41)27-5-6-30-31(15-27)38(58)54(37(30)57)34-8-9-35(55)49-36(34)56/h4-7,14-15,18,23-25,28,34H,8-13,16-17,19-22H2,1-2H3,(H,48,59)(H,49,55,56). The maximum atomic E-state index is 13.5. The van der Waals surface area contributed by atoms with Crippen LogP contribution in [0.4, 0.5) is 35.9 Å². The zero-order valence-electron chi connectivity index (χ0n) is 32.7. The van der Waals surface area contributed by atoms with Crippen molar-refractivity contribution in [3.05, 3.63) is 76.9 Å². The number of benzene rings is 2. The minimum absolute atomic E-state index is 0.0499. The number of hydrogen-bond donors (Lipinski definition) is 2. The number of hydrogen-bond acceptors (Lipinski definition) is 9. The van der Waals surface area contributed by atoms with E-state index in [0.29, 0.717) is 28.9 Å². The molecule has 3 unspecified atom stereocenters. The van der Waals surface area contributed by atoms with E-state index in [1.54, 1.807) is 32.2 Å². The lowest BCUT2D eigenvalue weighted by atomic mass is 9.60. The quantitative estimate of drug-likeness (QED) is 0.248. The van der Waals surface area contributed by atoms with Crippen molar-refractivity contribution in [2.24, 2.45) is 17.3 Å². The summed E-state index contributed by atoms with van der Waals surface area (Å²) >= 11 is 0. The number of fused-ring (bicyclic) bond motifs is 2. The van der Waals surface area contributed by atoms with Crippen LogP contribution in [0.5, 0.6) is 0 Å². The van der Waals surface area contributed by atoms with Crippen LogP contribution in [0.3, 0.4) is 0 Å². The van der Waals surface area contributed by atoms with E-state index in [-0.39, 0.29) is 24.1 Å². The molecule has 2 N–H and O–H groups in total. The van der Waals surface area contributed by atoms with Gasteiger partial charge in [0.15, 0.2) is 5.69 Å². The third kappa shape index (κ3) is 6.70. The van der Waals surface area contributed by atoms with Gasteiger partial charge in [0.2, 0.25) is 11.8 Å². The van der Waals surface area contributed by atoms with Crippen molar-refractivity contribution in [2.45, 2.75) is 76.2 Å². The predicted molar refractivity (Wildman–Crippen MR) is 209 cm³/mol. The van der Waals surface area contributed by atoms with Crippen LogP contribution < -0.4 is 20.4 Å². The van der Waals surface area contributed by atoms with E-state index < -0.39 is 58.5 Å². The molecular weight excluding hydrogens is 768 g/mol. The van der Waals surface area contributed by atoms with E-state index in [1.165, 1.54) is 10.7 Å². The first-order valence-corrected chi connectivity index (χ1v) is 20.1. The van der Waals surface area contributed by atoms with Gasteiger partial charge in [-0.1, -0.05) is 6.07 Å². The molecule has 4 saturated heterocycles. The fraction of sp³-hybridized carbons (Fsp3) is 0.500. The van der Waals surface area contributed by atoms with Crippen LogP contribution in [0.25, 0.3) is 4.85 Å². The summed E-state index contributed by atoms with van der Waals surface area (Å²) in [6.07, 6.45) is 3.44. The van der Waals surface area contributed by atoms with Crippen LogP contribution in [-0.2, 0) is 26.1 Å². The molecule has 0 bridgehead atoms. The highest BCUT2D eigenvalue weighted by molar-refractivity contribution is 6.23. The number of alkyl halides is 3. The monoisotopic (exact) mass is 811 g/mol. The first-order chi connectivity index (χ1) is 28.0. The van der Waals surface area contributed by atoms with Crippen LogP contribution in [-0.4, -0.2) is 100 Å². The summed E-state index contributed by atoms with van der Waals surface area (Å²) in [4.78, 5) is 75.1. The number of aromatic nitrogens is 2. The number of imide groups is 2. The van der Waals surface area contributed by atoms with Crippen LogP contribution in [0.15, 0.2) is 48.8 Å². The molecule has 59 heavy (non-hydrogen) atoms. The fourth-order valence-corrected chi connectivity index (χ4v) is 10.1. The lowest BCUT2D eigenvalue weighted by Crippen LogP contribution is -2.55. The minimum atomic E-state index is -4.73. The van der Waals surface area contributed by atoms with Crippen LogP contribution in [0.2, 0.25) is 0 Å². The summed E-state index contributed by atoms with van der Waals surface area (Å²) < 4.78 is 42.0. The molecule has 17 heteroatoms. The van der Waals surface area contributed by atoms with Gasteiger partial charge in [-0.2, -0.15) is 18.3 Å². The Morgan fingerprint density at radius 3 is 2.27 bits per heavy atom. The van der Waals surface area contributed by atoms with Crippen molar-refractivity contribution in [3.63, 3.8) is 0 Å². The second kappa shape index (κ2) is 13.9. The number of nitrogens with one attached hydrogen (secondary N) is 2. The molecule has 308 valence electrons. The molecule has 0 radical (unpaired) electrons. The van der Waals surface area contributed by atoms with Gasteiger partial charge in [0.25, 0.3) is 17.7 Å². The zero-order chi connectivity index (χ0) is 41.6. The number of carbonyl (C=O) groups is 5. The van der Waals surface area contributed by atoms with Gasteiger partial charge in [-0.3, -0.25) is 43.8 Å². The summed E-state index contributed by atoms with van der Waals surface area (Å²) in [5, 5.41) is 9.30. The number of anilines is 3. The van der Waals surface area contributed by atoms with Crippen molar-refractivity contribution in [2.75, 3.05) is 54.4 Å². The molecule has 3 atom stereocenters. The van der Waals surface area contributed by atoms with Crippen LogP contribution in [0.1, 0.15) is 78.7 Å². The normalized spacial score (nSPS) is 24.6. The molecule has 1 spiro atoms. The maximum absolute atomic E-state index is 13.5. The molecular formula is C42H44F3N9O5. The molecule has 9 rings (SSSR count). The highest BCUT2D eigenvalue weighted by atomic mass is 19.4. The molecule has 5 aliphatic heterocycles. The van der Waals surface area contributed by atoms with Crippen molar-refractivity contribution in [1.29, 1.82) is 0 Å². The first kappa shape index (κ1) is 38.7. The van der Waals surface area contributed by atoms with Crippen molar-refractivity contribution in [1.82, 2.24) is 24.9 Å². The van der Waals surface area contributed by atoms with Gasteiger partial charge in [0.05, 0.1) is 35.1 Å². The van der Waals surface area contributed by atoms with Gasteiger partial charge >= 0.3 is 6.18 Å². The van der Waals surface area contributed by atoms with Crippen LogP contribution >= 0.6 is 0 Å². The molecule has 3 aromatic rings. The number of likely N-dealkylation sites (tertiary alicyclic amines) is 1. The third-order valence-electron chi connectivity index (χ3n) is 13.7. The van der Waals surface area contributed by atoms with E-state index >= 15 is 0 Å². The average molecular weight is 812 g/mol. The number of carbonyl (C=O) groups excluding carboxylic acids is 5. The summed E-state index contributed by atoms with van der Waals surface area (Å²) in [6, 6.07) is 8.03. The summed E-state index contributed by atoms with van der Waals surface area (Å²) in [5.74, 6) is -1.53. The van der Waals surface area contributed by atoms with Gasteiger partial charge in [0.1, 0.15) is 11.6 Å². The van der Waals surface area contributed by atoms with Crippen LogP contribution in [0, 0.1) is 23.8 Å². The second-order valence-corrected chi connectivity index (χ2v) is 17.6. The zero-order valence-corrected chi connectivity index (χ0v) is 32.7. The molecule has 1 aromatic heterocycles. The summed E-state index contributed by atoms with van der Waals surface area (Å²) in [7, 11) is 0. The Balaban J connectivity index is 0.755. The lowest BCUT2D eigenvalue weighted by Gasteiger charge is -2.55. The number of nitrogens with zero attached hydrogens (tertiary/aromatic N) is 7. The molecule has 6 heterocycles. The van der Waals surface area contributed by atoms with Crippen molar-refractivity contribution >= 4 is 52.3 Å². The third-order valence-corrected chi connectivity index (χ3v) is 13.7. The Hall–Kier alpha value is -5.76. The van der Waals surface area contributed by atoms with Gasteiger partial charge in [-0.05, 0) is 93.5 Å². The van der Waals surface area contributed by atoms with E-state index in [1.807, 2.05) is 12.3 Å². The lowest BCUT2D eigenvalue weighted by molar-refractivity contribution is -0.137. The molecule has 2 aromatic carbocycles. The number of amides is 5. The SMILES string of the molecule is [C-]#[N+]c1ccc(NC(=O)C(C)(C)n2cc(N3CC4CN(C5CC6(CCN(c7ccc8c(c7)C(=O)N(C7CCC(=O)NC7=O)C8=O)CC6)C5)CC4C3)cn2)cc1C(F)(F)F. The second-order valence-electron chi connectivity index (χ2n) is 17.6. The maximum Gasteiger partial charge on any atom is 0.407 e. The number of rotatable bonds is 7. The molecule has 6 aliphatic rings. The van der Waals surface area contributed by atoms with E-state index in [2.05, 4.69) is 35.3 Å². The topological polar surface area (TPSA) is 145 Å². The van der Waals surface area contributed by atoms with Crippen molar-refractivity contribution in [3.8, 4) is 0 Å². The molecule has 5 amide bonds. The fourth-order valence-electron chi connectivity index (χ4n) is 10.1. The first-order valence-electron chi connectivity index (χ1n) is 20.1. The molecule has 14 nitrogen and oxygen atoms in total. The summed E-state index contributed by atoms with van der Waals surface area (Å²) in [6.45, 7) is 15.9. The summed E-state index contributed by atoms with van der Waals surface area (Å²) in [5.41, 5.74) is -0.216. The Morgan fingerprint density at radius 2 is 1.61 bits per heavy atom. The molecule has 1 aliphatic carbocycles. The number of halogens is 3. The highest BCUT2D eigenvalue weighted by Gasteiger charge is 2.52.